The molecule has 0 aromatic carbocycles. The molecule has 0 radical (unpaired) electrons. The van der Waals surface area contributed by atoms with E-state index in [0.29, 0.717) is 0 Å². The molecule has 0 bridgehead atoms. The van der Waals surface area contributed by atoms with E-state index in [2.05, 4.69) is 5.32 Å². The lowest BCUT2D eigenvalue weighted by atomic mass is 10.1. The molecular weight excluding hydrogens is 116 g/mol. The van der Waals surface area contributed by atoms with Gasteiger partial charge in [0.1, 0.15) is 0 Å². The molecule has 1 N–H and O–H groups in total. The second-order valence-electron chi connectivity index (χ2n) is 2.53. The molecule has 0 aromatic heterocycles. The third-order valence-corrected chi connectivity index (χ3v) is 1.56. The van der Waals surface area contributed by atoms with Crippen LogP contribution >= 0.6 is 0 Å². The number of nitrogens with zero attached hydrogens (tertiary/aromatic N) is 1. The van der Waals surface area contributed by atoms with Crippen molar-refractivity contribution in [2.45, 2.75) is 12.5 Å². The third kappa shape index (κ3) is 1.21. The molecule has 1 atom stereocenters. The predicted molar refractivity (Wildman–Crippen MR) is 35.1 cm³/mol. The van der Waals surface area contributed by atoms with Gasteiger partial charge in [0.2, 0.25) is 5.91 Å². The number of hydrogen-bond acceptors (Lipinski definition) is 2. The van der Waals surface area contributed by atoms with E-state index in [4.69, 9.17) is 0 Å². The molecule has 1 amide bonds. The molecular formula is C6H12N2O. The zero-order valence-electron chi connectivity index (χ0n) is 5.85. The first kappa shape index (κ1) is 6.55. The van der Waals surface area contributed by atoms with Crippen molar-refractivity contribution in [2.75, 3.05) is 20.6 Å². The fraction of sp³-hybridized carbons (Fsp3) is 0.833. The Kier molecular flexibility index (Phi) is 1.71. The summed E-state index contributed by atoms with van der Waals surface area (Å²) in [5, 5.41) is 3.04. The lowest BCUT2D eigenvalue weighted by Gasteiger charge is -2.28. The fourth-order valence-electron chi connectivity index (χ4n) is 0.811. The van der Waals surface area contributed by atoms with Crippen LogP contribution in [0.1, 0.15) is 6.42 Å². The third-order valence-electron chi connectivity index (χ3n) is 1.56. The van der Waals surface area contributed by atoms with Crippen molar-refractivity contribution in [1.82, 2.24) is 10.2 Å². The molecule has 0 spiro atoms. The van der Waals surface area contributed by atoms with Gasteiger partial charge >= 0.3 is 0 Å². The monoisotopic (exact) mass is 128 g/mol. The van der Waals surface area contributed by atoms with Crippen LogP contribution < -0.4 is 5.32 Å². The van der Waals surface area contributed by atoms with E-state index in [9.17, 15) is 4.79 Å². The fourth-order valence-corrected chi connectivity index (χ4v) is 0.811. The van der Waals surface area contributed by atoms with Gasteiger partial charge in [0, 0.05) is 14.1 Å². The van der Waals surface area contributed by atoms with Gasteiger partial charge in [-0.3, -0.25) is 4.79 Å². The zero-order chi connectivity index (χ0) is 6.85. The van der Waals surface area contributed by atoms with Gasteiger partial charge in [-0.05, 0) is 13.0 Å². The van der Waals surface area contributed by atoms with Crippen LogP contribution in [0.2, 0.25) is 0 Å². The summed E-state index contributed by atoms with van der Waals surface area (Å²) < 4.78 is 0. The van der Waals surface area contributed by atoms with Crippen LogP contribution in [0.3, 0.4) is 0 Å². The first-order valence-electron chi connectivity index (χ1n) is 3.16. The quantitative estimate of drug-likeness (QED) is 0.513. The lowest BCUT2D eigenvalue weighted by Crippen LogP contribution is -2.52. The summed E-state index contributed by atoms with van der Waals surface area (Å²) in [6.07, 6.45) is 0.997. The Bertz CT molecular complexity index is 118. The van der Waals surface area contributed by atoms with Crippen LogP contribution in [0.15, 0.2) is 0 Å². The molecule has 1 fully saturated rings. The van der Waals surface area contributed by atoms with Crippen LogP contribution in [0.25, 0.3) is 0 Å². The predicted octanol–water partition coefficient (Wildman–Crippen LogP) is -0.563. The maximum Gasteiger partial charge on any atom is 0.239 e. The van der Waals surface area contributed by atoms with Gasteiger partial charge < -0.3 is 10.2 Å². The van der Waals surface area contributed by atoms with E-state index < -0.39 is 0 Å². The van der Waals surface area contributed by atoms with E-state index in [0.717, 1.165) is 13.0 Å². The second-order valence-corrected chi connectivity index (χ2v) is 2.53. The first-order valence-corrected chi connectivity index (χ1v) is 3.16. The molecule has 3 nitrogen and oxygen atoms in total. The Balaban J connectivity index is 2.32. The molecule has 3 heteroatoms. The first-order chi connectivity index (χ1) is 4.22. The van der Waals surface area contributed by atoms with Crippen LogP contribution in [0.5, 0.6) is 0 Å². The van der Waals surface area contributed by atoms with Crippen molar-refractivity contribution < 1.29 is 4.79 Å². The number of nitrogens with one attached hydrogen (secondary N) is 1. The molecule has 1 rings (SSSR count). The van der Waals surface area contributed by atoms with Gasteiger partial charge in [0.05, 0.1) is 6.04 Å². The second kappa shape index (κ2) is 2.35. The SMILES string of the molecule is CN(C)C(=O)[C@@H]1CCN1. The Hall–Kier alpha value is -0.570. The summed E-state index contributed by atoms with van der Waals surface area (Å²) in [6.45, 7) is 0.990. The van der Waals surface area contributed by atoms with Gasteiger partial charge in [-0.2, -0.15) is 0 Å². The molecule has 0 unspecified atom stereocenters. The molecule has 9 heavy (non-hydrogen) atoms. The summed E-state index contributed by atoms with van der Waals surface area (Å²) >= 11 is 0. The Morgan fingerprint density at radius 3 is 2.33 bits per heavy atom. The number of rotatable bonds is 1. The molecule has 1 aliphatic heterocycles. The maximum atomic E-state index is 11.0. The van der Waals surface area contributed by atoms with E-state index in [-0.39, 0.29) is 11.9 Å². The Labute approximate surface area is 55.0 Å². The summed E-state index contributed by atoms with van der Waals surface area (Å²) in [5.41, 5.74) is 0. The van der Waals surface area contributed by atoms with E-state index in [1.54, 1.807) is 19.0 Å². The lowest BCUT2D eigenvalue weighted by molar-refractivity contribution is -0.132. The number of carbonyl (C=O) groups excluding carboxylic acids is 1. The van der Waals surface area contributed by atoms with E-state index >= 15 is 0 Å². The molecule has 0 aromatic rings. The highest BCUT2D eigenvalue weighted by atomic mass is 16.2. The summed E-state index contributed by atoms with van der Waals surface area (Å²) in [7, 11) is 3.56. The van der Waals surface area contributed by atoms with Crippen LogP contribution in [0, 0.1) is 0 Å². The molecule has 1 heterocycles. The van der Waals surface area contributed by atoms with Crippen molar-refractivity contribution >= 4 is 5.91 Å². The van der Waals surface area contributed by atoms with Gasteiger partial charge in [0.15, 0.2) is 0 Å². The number of amides is 1. The molecule has 52 valence electrons. The highest BCUT2D eigenvalue weighted by molar-refractivity contribution is 5.82. The van der Waals surface area contributed by atoms with Crippen molar-refractivity contribution in [2.24, 2.45) is 0 Å². The standard InChI is InChI=1S/C6H12N2O/c1-8(2)6(9)5-3-4-7-5/h5,7H,3-4H2,1-2H3/t5-/m0/s1. The van der Waals surface area contributed by atoms with Crippen molar-refractivity contribution in [3.8, 4) is 0 Å². The highest BCUT2D eigenvalue weighted by Gasteiger charge is 2.25. The maximum absolute atomic E-state index is 11.0. The topological polar surface area (TPSA) is 32.3 Å². The van der Waals surface area contributed by atoms with Crippen molar-refractivity contribution in [3.05, 3.63) is 0 Å². The van der Waals surface area contributed by atoms with E-state index in [1.165, 1.54) is 0 Å². The smallest absolute Gasteiger partial charge is 0.239 e. The largest absolute Gasteiger partial charge is 0.347 e. The normalized spacial score (nSPS) is 24.9. The van der Waals surface area contributed by atoms with Gasteiger partial charge in [-0.1, -0.05) is 0 Å². The van der Waals surface area contributed by atoms with Crippen LogP contribution in [-0.4, -0.2) is 37.5 Å². The Morgan fingerprint density at radius 1 is 1.67 bits per heavy atom. The van der Waals surface area contributed by atoms with Gasteiger partial charge in [-0.25, -0.2) is 0 Å². The minimum atomic E-state index is 0.111. The van der Waals surface area contributed by atoms with Crippen molar-refractivity contribution in [3.63, 3.8) is 0 Å². The minimum Gasteiger partial charge on any atom is -0.347 e. The average molecular weight is 128 g/mol. The number of likely N-dealkylation sites (N-methyl/N-ethyl adjacent to an activating group) is 1. The molecule has 1 aliphatic rings. The average Bonchev–Trinajstić information content (AvgIpc) is 1.60. The van der Waals surface area contributed by atoms with Gasteiger partial charge in [-0.15, -0.1) is 0 Å². The van der Waals surface area contributed by atoms with Crippen molar-refractivity contribution in [1.29, 1.82) is 0 Å². The summed E-state index contributed by atoms with van der Waals surface area (Å²) in [4.78, 5) is 12.6. The summed E-state index contributed by atoms with van der Waals surface area (Å²) in [5.74, 6) is 0.196. The highest BCUT2D eigenvalue weighted by Crippen LogP contribution is 2.03. The van der Waals surface area contributed by atoms with Crippen LogP contribution in [0.4, 0.5) is 0 Å². The molecule has 1 saturated heterocycles. The Morgan fingerprint density at radius 2 is 2.22 bits per heavy atom. The van der Waals surface area contributed by atoms with E-state index in [1.807, 2.05) is 0 Å². The summed E-state index contributed by atoms with van der Waals surface area (Å²) in [6, 6.07) is 0.111. The minimum absolute atomic E-state index is 0.111. The molecule has 0 aliphatic carbocycles. The molecule has 0 saturated carbocycles. The van der Waals surface area contributed by atoms with Gasteiger partial charge in [0.25, 0.3) is 0 Å². The number of carbonyl (C=O) groups is 1. The number of hydrogen-bond donors (Lipinski definition) is 1. The van der Waals surface area contributed by atoms with Crippen LogP contribution in [-0.2, 0) is 4.79 Å². The zero-order valence-corrected chi connectivity index (χ0v) is 5.85.